The van der Waals surface area contributed by atoms with Gasteiger partial charge in [-0.25, -0.2) is 0 Å². The Bertz CT molecular complexity index is 407. The lowest BCUT2D eigenvalue weighted by molar-refractivity contribution is -0.113. The van der Waals surface area contributed by atoms with Crippen molar-refractivity contribution in [2.45, 2.75) is 37.8 Å². The Morgan fingerprint density at radius 2 is 2.22 bits per heavy atom. The molecule has 0 N–H and O–H groups in total. The van der Waals surface area contributed by atoms with Crippen LogP contribution in [0.5, 0.6) is 5.75 Å². The third-order valence-corrected chi connectivity index (χ3v) is 3.97. The number of carbonyl (C=O) groups excluding carboxylic acids is 1. The normalized spacial score (nSPS) is 27.6. The SMILES string of the molecule is O=CC1CCCCN1CC1Cc2ccccc2O1. The number of piperidine rings is 1. The van der Waals surface area contributed by atoms with Crippen LogP contribution in [0.1, 0.15) is 24.8 Å². The number of benzene rings is 1. The molecule has 2 heterocycles. The Morgan fingerprint density at radius 3 is 3.06 bits per heavy atom. The van der Waals surface area contributed by atoms with Gasteiger partial charge in [-0.2, -0.15) is 0 Å². The minimum absolute atomic E-state index is 0.103. The number of hydrogen-bond acceptors (Lipinski definition) is 3. The lowest BCUT2D eigenvalue weighted by Gasteiger charge is -2.33. The van der Waals surface area contributed by atoms with E-state index in [1.807, 2.05) is 12.1 Å². The van der Waals surface area contributed by atoms with Crippen LogP contribution < -0.4 is 4.74 Å². The summed E-state index contributed by atoms with van der Waals surface area (Å²) >= 11 is 0. The highest BCUT2D eigenvalue weighted by molar-refractivity contribution is 5.57. The van der Waals surface area contributed by atoms with Gasteiger partial charge in [-0.05, 0) is 31.0 Å². The van der Waals surface area contributed by atoms with Gasteiger partial charge < -0.3 is 9.53 Å². The summed E-state index contributed by atoms with van der Waals surface area (Å²) in [7, 11) is 0. The number of ether oxygens (including phenoxy) is 1. The number of fused-ring (bicyclic) bond motifs is 1. The Morgan fingerprint density at radius 1 is 1.33 bits per heavy atom. The number of likely N-dealkylation sites (tertiary alicyclic amines) is 1. The van der Waals surface area contributed by atoms with Crippen LogP contribution in [0.4, 0.5) is 0 Å². The highest BCUT2D eigenvalue weighted by atomic mass is 16.5. The van der Waals surface area contributed by atoms with Crippen LogP contribution in [0, 0.1) is 0 Å². The Labute approximate surface area is 108 Å². The van der Waals surface area contributed by atoms with Gasteiger partial charge in [0, 0.05) is 13.0 Å². The third kappa shape index (κ3) is 2.27. The van der Waals surface area contributed by atoms with Crippen LogP contribution in [0.3, 0.4) is 0 Å². The maximum atomic E-state index is 11.1. The molecule has 0 aromatic heterocycles. The molecule has 2 unspecified atom stereocenters. The average molecular weight is 245 g/mol. The van der Waals surface area contributed by atoms with Crippen molar-refractivity contribution in [1.82, 2.24) is 4.90 Å². The van der Waals surface area contributed by atoms with Crippen LogP contribution in [0.2, 0.25) is 0 Å². The van der Waals surface area contributed by atoms with Crippen LogP contribution in [0.15, 0.2) is 24.3 Å². The van der Waals surface area contributed by atoms with Crippen LogP contribution >= 0.6 is 0 Å². The molecule has 1 fully saturated rings. The van der Waals surface area contributed by atoms with Gasteiger partial charge in [-0.15, -0.1) is 0 Å². The molecule has 0 saturated carbocycles. The lowest BCUT2D eigenvalue weighted by atomic mass is 10.0. The predicted molar refractivity (Wildman–Crippen MR) is 69.8 cm³/mol. The quantitative estimate of drug-likeness (QED) is 0.763. The zero-order chi connectivity index (χ0) is 12.4. The van der Waals surface area contributed by atoms with Gasteiger partial charge in [0.1, 0.15) is 18.1 Å². The van der Waals surface area contributed by atoms with Crippen molar-refractivity contribution in [2.24, 2.45) is 0 Å². The van der Waals surface area contributed by atoms with E-state index in [0.29, 0.717) is 0 Å². The van der Waals surface area contributed by atoms with Crippen LogP contribution in [-0.2, 0) is 11.2 Å². The molecular formula is C15H19NO2. The van der Waals surface area contributed by atoms with Crippen molar-refractivity contribution in [3.8, 4) is 5.75 Å². The molecule has 3 heteroatoms. The molecule has 0 amide bonds. The van der Waals surface area contributed by atoms with E-state index in [2.05, 4.69) is 17.0 Å². The minimum Gasteiger partial charge on any atom is -0.488 e. The fourth-order valence-electron chi connectivity index (χ4n) is 3.01. The number of para-hydroxylation sites is 1. The van der Waals surface area contributed by atoms with E-state index in [9.17, 15) is 4.79 Å². The first-order valence-corrected chi connectivity index (χ1v) is 6.81. The molecule has 0 spiro atoms. The van der Waals surface area contributed by atoms with E-state index in [4.69, 9.17) is 4.74 Å². The topological polar surface area (TPSA) is 29.5 Å². The highest BCUT2D eigenvalue weighted by Gasteiger charge is 2.28. The predicted octanol–water partition coefficient (Wildman–Crippen LogP) is 2.04. The summed E-state index contributed by atoms with van der Waals surface area (Å²) in [5.74, 6) is 1.02. The van der Waals surface area contributed by atoms with Crippen molar-refractivity contribution >= 4 is 6.29 Å². The van der Waals surface area contributed by atoms with E-state index in [-0.39, 0.29) is 12.1 Å². The molecule has 3 nitrogen and oxygen atoms in total. The second-order valence-electron chi connectivity index (χ2n) is 5.25. The van der Waals surface area contributed by atoms with Gasteiger partial charge in [0.2, 0.25) is 0 Å². The average Bonchev–Trinajstić information content (AvgIpc) is 2.81. The number of aldehydes is 1. The van der Waals surface area contributed by atoms with Gasteiger partial charge in [0.05, 0.1) is 6.04 Å². The largest absolute Gasteiger partial charge is 0.488 e. The fourth-order valence-corrected chi connectivity index (χ4v) is 3.01. The molecule has 2 atom stereocenters. The van der Waals surface area contributed by atoms with E-state index in [0.717, 1.165) is 38.0 Å². The van der Waals surface area contributed by atoms with Gasteiger partial charge in [-0.3, -0.25) is 4.90 Å². The number of rotatable bonds is 3. The van der Waals surface area contributed by atoms with Crippen molar-refractivity contribution in [1.29, 1.82) is 0 Å². The molecule has 0 aliphatic carbocycles. The molecule has 96 valence electrons. The summed E-state index contributed by atoms with van der Waals surface area (Å²) in [6.45, 7) is 1.90. The molecule has 18 heavy (non-hydrogen) atoms. The van der Waals surface area contributed by atoms with Crippen molar-refractivity contribution in [3.05, 3.63) is 29.8 Å². The summed E-state index contributed by atoms with van der Waals surface area (Å²) in [5.41, 5.74) is 1.29. The molecule has 0 radical (unpaired) electrons. The maximum absolute atomic E-state index is 11.1. The summed E-state index contributed by atoms with van der Waals surface area (Å²) in [6, 6.07) is 8.33. The van der Waals surface area contributed by atoms with Gasteiger partial charge in [0.15, 0.2) is 0 Å². The van der Waals surface area contributed by atoms with E-state index >= 15 is 0 Å². The zero-order valence-electron chi connectivity index (χ0n) is 10.5. The number of nitrogens with zero attached hydrogens (tertiary/aromatic N) is 1. The third-order valence-electron chi connectivity index (χ3n) is 3.97. The van der Waals surface area contributed by atoms with Crippen molar-refractivity contribution in [3.63, 3.8) is 0 Å². The molecule has 1 saturated heterocycles. The summed E-state index contributed by atoms with van der Waals surface area (Å²) in [4.78, 5) is 13.4. The summed E-state index contributed by atoms with van der Waals surface area (Å²) in [5, 5.41) is 0. The highest BCUT2D eigenvalue weighted by Crippen LogP contribution is 2.29. The van der Waals surface area contributed by atoms with Crippen LogP contribution in [-0.4, -0.2) is 36.4 Å². The number of hydrogen-bond donors (Lipinski definition) is 0. The van der Waals surface area contributed by atoms with Gasteiger partial charge in [0.25, 0.3) is 0 Å². The Hall–Kier alpha value is -1.35. The zero-order valence-corrected chi connectivity index (χ0v) is 10.5. The molecule has 3 rings (SSSR count). The van der Waals surface area contributed by atoms with Crippen molar-refractivity contribution in [2.75, 3.05) is 13.1 Å². The Kier molecular flexibility index (Phi) is 3.33. The summed E-state index contributed by atoms with van der Waals surface area (Å²) < 4.78 is 5.94. The number of carbonyl (C=O) groups is 1. The summed E-state index contributed by atoms with van der Waals surface area (Å²) in [6.07, 6.45) is 5.65. The second-order valence-corrected chi connectivity index (χ2v) is 5.25. The molecule has 2 aliphatic rings. The molecule has 2 aliphatic heterocycles. The standard InChI is InChI=1S/C15H19NO2/c17-11-13-6-3-4-8-16(13)10-14-9-12-5-1-2-7-15(12)18-14/h1-2,5,7,11,13-14H,3-4,6,8-10H2. The Balaban J connectivity index is 1.63. The van der Waals surface area contributed by atoms with Gasteiger partial charge >= 0.3 is 0 Å². The van der Waals surface area contributed by atoms with E-state index in [1.165, 1.54) is 18.4 Å². The van der Waals surface area contributed by atoms with E-state index in [1.54, 1.807) is 0 Å². The van der Waals surface area contributed by atoms with Gasteiger partial charge in [-0.1, -0.05) is 24.6 Å². The first kappa shape index (κ1) is 11.7. The molecular weight excluding hydrogens is 226 g/mol. The second kappa shape index (κ2) is 5.11. The van der Waals surface area contributed by atoms with E-state index < -0.39 is 0 Å². The lowest BCUT2D eigenvalue weighted by Crippen LogP contribution is -2.45. The van der Waals surface area contributed by atoms with Crippen molar-refractivity contribution < 1.29 is 9.53 Å². The fraction of sp³-hybridized carbons (Fsp3) is 0.533. The maximum Gasteiger partial charge on any atom is 0.137 e. The molecule has 1 aromatic rings. The van der Waals surface area contributed by atoms with Crippen LogP contribution in [0.25, 0.3) is 0 Å². The molecule has 0 bridgehead atoms. The first-order chi connectivity index (χ1) is 8.86. The molecule has 1 aromatic carbocycles. The smallest absolute Gasteiger partial charge is 0.137 e. The minimum atomic E-state index is 0.103. The first-order valence-electron chi connectivity index (χ1n) is 6.81. The monoisotopic (exact) mass is 245 g/mol.